The predicted molar refractivity (Wildman–Crippen MR) is 202 cm³/mol. The van der Waals surface area contributed by atoms with Crippen molar-refractivity contribution in [3.8, 4) is 17.2 Å². The SMILES string of the molecule is C[C@@H](COc1ccnc2c1[C@H](C)CCC2)C[C@H]1Cc2cc3c(cc2C12CCC(Nc1cccc(Cl)c1)(C(=O)O)CC2)OC(CCN(C)C)CCO3. The van der Waals surface area contributed by atoms with E-state index in [2.05, 4.69) is 55.3 Å². The third kappa shape index (κ3) is 7.41. The Morgan fingerprint density at radius 1 is 1.14 bits per heavy atom. The molecule has 4 aliphatic rings. The van der Waals surface area contributed by atoms with E-state index in [-0.39, 0.29) is 11.5 Å². The number of carboxylic acid groups (broad SMARTS) is 1. The first-order chi connectivity index (χ1) is 24.5. The van der Waals surface area contributed by atoms with Crippen LogP contribution in [0.3, 0.4) is 0 Å². The number of nitrogens with zero attached hydrogens (tertiary/aromatic N) is 2. The van der Waals surface area contributed by atoms with Crippen LogP contribution in [0.15, 0.2) is 48.7 Å². The third-order valence-corrected chi connectivity index (χ3v) is 12.5. The first-order valence-corrected chi connectivity index (χ1v) is 19.4. The molecule has 3 aromatic rings. The zero-order valence-corrected chi connectivity index (χ0v) is 31.4. The summed E-state index contributed by atoms with van der Waals surface area (Å²) in [4.78, 5) is 19.9. The number of anilines is 1. The Kier molecular flexibility index (Phi) is 10.5. The summed E-state index contributed by atoms with van der Waals surface area (Å²) < 4.78 is 19.6. The van der Waals surface area contributed by atoms with Crippen LogP contribution in [0, 0.1) is 11.8 Å². The Morgan fingerprint density at radius 3 is 2.73 bits per heavy atom. The summed E-state index contributed by atoms with van der Waals surface area (Å²) in [7, 11) is 4.19. The number of aromatic nitrogens is 1. The van der Waals surface area contributed by atoms with Crippen molar-refractivity contribution >= 4 is 23.3 Å². The Labute approximate surface area is 308 Å². The predicted octanol–water partition coefficient (Wildman–Crippen LogP) is 8.68. The number of halogens is 1. The molecular formula is C42H54ClN3O5. The molecule has 2 heterocycles. The van der Waals surface area contributed by atoms with Gasteiger partial charge < -0.3 is 29.5 Å². The summed E-state index contributed by atoms with van der Waals surface area (Å²) in [5.41, 5.74) is 4.59. The van der Waals surface area contributed by atoms with Crippen molar-refractivity contribution in [3.05, 3.63) is 76.1 Å². The van der Waals surface area contributed by atoms with Gasteiger partial charge in [-0.25, -0.2) is 4.79 Å². The number of carbonyl (C=O) groups is 1. The highest BCUT2D eigenvalue weighted by Gasteiger charge is 2.54. The molecule has 8 nitrogen and oxygen atoms in total. The van der Waals surface area contributed by atoms with E-state index in [1.807, 2.05) is 36.5 Å². The lowest BCUT2D eigenvalue weighted by atomic mass is 9.59. The lowest BCUT2D eigenvalue weighted by molar-refractivity contribution is -0.144. The molecule has 1 saturated carbocycles. The van der Waals surface area contributed by atoms with Gasteiger partial charge in [-0.15, -0.1) is 0 Å². The van der Waals surface area contributed by atoms with Crippen LogP contribution in [0.25, 0.3) is 0 Å². The quantitative estimate of drug-likeness (QED) is 0.204. The molecule has 0 radical (unpaired) electrons. The van der Waals surface area contributed by atoms with Gasteiger partial charge in [0.1, 0.15) is 17.4 Å². The maximum atomic E-state index is 13.0. The second kappa shape index (κ2) is 14.9. The molecule has 51 heavy (non-hydrogen) atoms. The molecule has 9 heteroatoms. The van der Waals surface area contributed by atoms with Gasteiger partial charge in [0, 0.05) is 41.1 Å². The molecule has 2 N–H and O–H groups in total. The van der Waals surface area contributed by atoms with Crippen LogP contribution in [-0.4, -0.2) is 66.5 Å². The average molecular weight is 716 g/mol. The van der Waals surface area contributed by atoms with Crippen LogP contribution < -0.4 is 19.5 Å². The summed E-state index contributed by atoms with van der Waals surface area (Å²) in [6, 6.07) is 13.9. The van der Waals surface area contributed by atoms with Crippen molar-refractivity contribution < 1.29 is 24.1 Å². The van der Waals surface area contributed by atoms with Gasteiger partial charge in [-0.3, -0.25) is 4.98 Å². The topological polar surface area (TPSA) is 93.2 Å². The van der Waals surface area contributed by atoms with E-state index in [1.54, 1.807) is 0 Å². The fourth-order valence-electron chi connectivity index (χ4n) is 9.46. The van der Waals surface area contributed by atoms with Crippen LogP contribution in [0.5, 0.6) is 17.2 Å². The minimum Gasteiger partial charge on any atom is -0.493 e. The number of nitrogens with one attached hydrogen (secondary N) is 1. The number of rotatable bonds is 11. The molecule has 4 atom stereocenters. The molecule has 0 bridgehead atoms. The smallest absolute Gasteiger partial charge is 0.329 e. The third-order valence-electron chi connectivity index (χ3n) is 12.2. The van der Waals surface area contributed by atoms with E-state index in [0.717, 1.165) is 74.4 Å². The van der Waals surface area contributed by atoms with Crippen LogP contribution in [-0.2, 0) is 23.1 Å². The van der Waals surface area contributed by atoms with Gasteiger partial charge in [0.05, 0.1) is 13.2 Å². The number of aryl methyl sites for hydroxylation is 1. The van der Waals surface area contributed by atoms with Crippen molar-refractivity contribution in [2.24, 2.45) is 11.8 Å². The van der Waals surface area contributed by atoms with E-state index >= 15 is 0 Å². The van der Waals surface area contributed by atoms with Gasteiger partial charge in [-0.1, -0.05) is 31.5 Å². The molecule has 7 rings (SSSR count). The number of hydrogen-bond acceptors (Lipinski definition) is 7. The van der Waals surface area contributed by atoms with E-state index in [9.17, 15) is 9.90 Å². The number of carboxylic acids is 1. The number of ether oxygens (including phenoxy) is 3. The molecule has 0 amide bonds. The standard InChI is InChI=1S/C42H54ClN3O5/c1-27(26-50-36-11-18-44-35-10-5-7-28(2)39(35)36)21-30-22-29-23-37-38(51-33(13-20-49-37)12-19-46(3)4)25-34(29)41(30)14-16-42(17-15-41,40(47)48)45-32-9-6-8-31(43)24-32/h6,8-9,11,18,23-25,27-28,30,33,45H,5,7,10,12-17,19-22,26H2,1-4H3,(H,47,48)/t27-,28-,30+,33?,41?,42?/m1/s1. The second-order valence-electron chi connectivity index (χ2n) is 16.1. The molecular weight excluding hydrogens is 662 g/mol. The Hall–Kier alpha value is -3.49. The molecule has 2 aromatic carbocycles. The largest absolute Gasteiger partial charge is 0.493 e. The second-order valence-corrected chi connectivity index (χ2v) is 16.6. The number of benzene rings is 2. The Balaban J connectivity index is 1.16. The summed E-state index contributed by atoms with van der Waals surface area (Å²) in [5, 5.41) is 14.7. The van der Waals surface area contributed by atoms with E-state index in [1.165, 1.54) is 35.2 Å². The summed E-state index contributed by atoms with van der Waals surface area (Å²) >= 11 is 6.31. The lowest BCUT2D eigenvalue weighted by Crippen LogP contribution is -2.53. The zero-order valence-electron chi connectivity index (χ0n) is 30.7. The normalized spacial score (nSPS) is 27.4. The van der Waals surface area contributed by atoms with E-state index in [0.29, 0.717) is 48.8 Å². The van der Waals surface area contributed by atoms with Gasteiger partial charge >= 0.3 is 5.97 Å². The van der Waals surface area contributed by atoms with Crippen molar-refractivity contribution in [1.82, 2.24) is 9.88 Å². The lowest BCUT2D eigenvalue weighted by Gasteiger charge is -2.47. The molecule has 1 aliphatic heterocycles. The highest BCUT2D eigenvalue weighted by molar-refractivity contribution is 6.30. The monoisotopic (exact) mass is 715 g/mol. The molecule has 0 saturated heterocycles. The maximum absolute atomic E-state index is 13.0. The number of hydrogen-bond donors (Lipinski definition) is 2. The van der Waals surface area contributed by atoms with Gasteiger partial charge in [0.25, 0.3) is 0 Å². The molecule has 1 spiro atoms. The van der Waals surface area contributed by atoms with E-state index in [4.69, 9.17) is 25.8 Å². The van der Waals surface area contributed by atoms with Gasteiger partial charge in [-0.2, -0.15) is 0 Å². The first kappa shape index (κ1) is 35.9. The van der Waals surface area contributed by atoms with Crippen LogP contribution in [0.1, 0.15) is 99.9 Å². The highest BCUT2D eigenvalue weighted by atomic mass is 35.5. The minimum absolute atomic E-state index is 0.0894. The molecule has 1 aromatic heterocycles. The number of aliphatic carboxylic acids is 1. The van der Waals surface area contributed by atoms with Crippen molar-refractivity contribution in [2.45, 2.75) is 107 Å². The summed E-state index contributed by atoms with van der Waals surface area (Å²) in [5.74, 6) is 2.94. The Morgan fingerprint density at radius 2 is 1.96 bits per heavy atom. The van der Waals surface area contributed by atoms with Gasteiger partial charge in [-0.05, 0) is 149 Å². The fourth-order valence-corrected chi connectivity index (χ4v) is 9.65. The van der Waals surface area contributed by atoms with Crippen LogP contribution >= 0.6 is 11.6 Å². The van der Waals surface area contributed by atoms with Gasteiger partial charge in [0.15, 0.2) is 11.5 Å². The molecule has 1 unspecified atom stereocenters. The van der Waals surface area contributed by atoms with Crippen LogP contribution in [0.2, 0.25) is 5.02 Å². The first-order valence-electron chi connectivity index (χ1n) is 19.0. The van der Waals surface area contributed by atoms with Crippen molar-refractivity contribution in [2.75, 3.05) is 39.2 Å². The van der Waals surface area contributed by atoms with Crippen molar-refractivity contribution in [3.63, 3.8) is 0 Å². The molecule has 3 aliphatic carbocycles. The summed E-state index contributed by atoms with van der Waals surface area (Å²) in [6.07, 6.45) is 11.6. The average Bonchev–Trinajstić information content (AvgIpc) is 3.23. The van der Waals surface area contributed by atoms with Crippen LogP contribution in [0.4, 0.5) is 5.69 Å². The maximum Gasteiger partial charge on any atom is 0.329 e. The molecule has 274 valence electrons. The molecule has 1 fully saturated rings. The fraction of sp³-hybridized carbons (Fsp3) is 0.571. The number of fused-ring (bicyclic) bond motifs is 4. The Bertz CT molecular complexity index is 1720. The zero-order chi connectivity index (χ0) is 35.8. The number of pyridine rings is 1. The highest BCUT2D eigenvalue weighted by Crippen LogP contribution is 2.58. The summed E-state index contributed by atoms with van der Waals surface area (Å²) in [6.45, 7) is 6.82. The minimum atomic E-state index is -1.07. The van der Waals surface area contributed by atoms with E-state index < -0.39 is 11.5 Å². The van der Waals surface area contributed by atoms with Crippen molar-refractivity contribution in [1.29, 1.82) is 0 Å². The van der Waals surface area contributed by atoms with Gasteiger partial charge in [0.2, 0.25) is 0 Å².